The van der Waals surface area contributed by atoms with Crippen LogP contribution in [-0.4, -0.2) is 36.5 Å². The van der Waals surface area contributed by atoms with Gasteiger partial charge in [-0.05, 0) is 98.3 Å². The Morgan fingerprint density at radius 1 is 0.860 bits per heavy atom. The van der Waals surface area contributed by atoms with Crippen molar-refractivity contribution in [2.45, 2.75) is 110 Å². The Kier molecular flexibility index (Phi) is 8.74. The summed E-state index contributed by atoms with van der Waals surface area (Å²) in [6, 6.07) is 23.4. The zero-order valence-electron chi connectivity index (χ0n) is 25.0. The Balaban J connectivity index is 1.45. The third-order valence-corrected chi connectivity index (χ3v) is 11.4. The lowest BCUT2D eigenvalue weighted by atomic mass is 9.87. The first-order chi connectivity index (χ1) is 20.1. The van der Waals surface area contributed by atoms with Crippen molar-refractivity contribution in [2.75, 3.05) is 0 Å². The van der Waals surface area contributed by atoms with Crippen LogP contribution in [0.1, 0.15) is 71.4 Å². The summed E-state index contributed by atoms with van der Waals surface area (Å²) in [5, 5.41) is -4.45. The van der Waals surface area contributed by atoms with E-state index in [1.54, 1.807) is 12.1 Å². The number of hydrogen-bond donors (Lipinski definition) is 1. The number of fused-ring (bicyclic) bond motifs is 1. The summed E-state index contributed by atoms with van der Waals surface area (Å²) >= 11 is 0. The van der Waals surface area contributed by atoms with Gasteiger partial charge in [-0.3, -0.25) is 4.55 Å². The molecule has 0 aromatic heterocycles. The van der Waals surface area contributed by atoms with E-state index in [2.05, 4.69) is 57.2 Å². The molecule has 1 saturated carbocycles. The van der Waals surface area contributed by atoms with Crippen LogP contribution in [0.3, 0.4) is 0 Å². The molecule has 43 heavy (non-hydrogen) atoms. The first-order valence-electron chi connectivity index (χ1n) is 14.5. The maximum atomic E-state index is 14.1. The van der Waals surface area contributed by atoms with Gasteiger partial charge in [0.1, 0.15) is 5.75 Å². The SMILES string of the molecule is CC(Oc1ccc([S+](c2ccc(C(C)(C)C)cc2)c2ccc(C3(C)OC4CCCCC4O3)cc2)cc1)C(F)(F)S(=O)(=O)O. The van der Waals surface area contributed by atoms with E-state index in [4.69, 9.17) is 18.8 Å². The Morgan fingerprint density at radius 2 is 1.30 bits per heavy atom. The second-order valence-electron chi connectivity index (χ2n) is 12.4. The fraction of sp³-hybridized carbons (Fsp3) is 0.455. The average molecular weight is 634 g/mol. The molecule has 1 aliphatic carbocycles. The van der Waals surface area contributed by atoms with E-state index in [1.807, 2.05) is 19.1 Å². The molecule has 5 rings (SSSR count). The molecule has 1 N–H and O–H groups in total. The molecule has 0 bridgehead atoms. The molecule has 2 fully saturated rings. The fourth-order valence-corrected chi connectivity index (χ4v) is 8.11. The monoisotopic (exact) mass is 633 g/mol. The molecule has 0 radical (unpaired) electrons. The number of halogens is 2. The van der Waals surface area contributed by atoms with Crippen molar-refractivity contribution in [3.05, 3.63) is 83.9 Å². The van der Waals surface area contributed by atoms with Crippen molar-refractivity contribution in [3.8, 4) is 5.75 Å². The van der Waals surface area contributed by atoms with Crippen LogP contribution in [0.25, 0.3) is 0 Å². The number of ether oxygens (including phenoxy) is 3. The molecule has 10 heteroatoms. The zero-order chi connectivity index (χ0) is 31.2. The first kappa shape index (κ1) is 31.9. The normalized spacial score (nSPS) is 24.3. The van der Waals surface area contributed by atoms with E-state index in [9.17, 15) is 17.2 Å². The molecular weight excluding hydrogens is 594 g/mol. The molecule has 0 spiro atoms. The van der Waals surface area contributed by atoms with Gasteiger partial charge in [0.15, 0.2) is 26.6 Å². The van der Waals surface area contributed by atoms with Gasteiger partial charge < -0.3 is 14.2 Å². The molecule has 232 valence electrons. The maximum Gasteiger partial charge on any atom is 0.405 e. The number of alkyl halides is 2. The molecule has 1 aliphatic heterocycles. The minimum Gasteiger partial charge on any atom is -0.483 e. The molecular formula is C33H39F2O6S2+. The second kappa shape index (κ2) is 11.8. The first-order valence-corrected chi connectivity index (χ1v) is 17.2. The van der Waals surface area contributed by atoms with Crippen LogP contribution in [-0.2, 0) is 41.7 Å². The minimum atomic E-state index is -5.62. The molecule has 1 heterocycles. The lowest BCUT2D eigenvalue weighted by molar-refractivity contribution is -0.169. The van der Waals surface area contributed by atoms with E-state index >= 15 is 0 Å². The Bertz CT molecular complexity index is 1500. The van der Waals surface area contributed by atoms with E-state index < -0.39 is 38.2 Å². The van der Waals surface area contributed by atoms with Crippen molar-refractivity contribution >= 4 is 21.0 Å². The van der Waals surface area contributed by atoms with Gasteiger partial charge in [0.2, 0.25) is 0 Å². The topological polar surface area (TPSA) is 82.1 Å². The van der Waals surface area contributed by atoms with E-state index in [1.165, 1.54) is 17.7 Å². The zero-order valence-corrected chi connectivity index (χ0v) is 26.7. The Morgan fingerprint density at radius 3 is 1.74 bits per heavy atom. The van der Waals surface area contributed by atoms with Gasteiger partial charge in [-0.2, -0.15) is 17.2 Å². The summed E-state index contributed by atoms with van der Waals surface area (Å²) in [5.74, 6) is -0.739. The van der Waals surface area contributed by atoms with Crippen molar-refractivity contribution < 1.29 is 36.0 Å². The van der Waals surface area contributed by atoms with Crippen LogP contribution in [0.2, 0.25) is 0 Å². The highest BCUT2D eigenvalue weighted by molar-refractivity contribution is 7.97. The quantitative estimate of drug-likeness (QED) is 0.201. The molecule has 2 aliphatic rings. The molecule has 4 atom stereocenters. The van der Waals surface area contributed by atoms with Crippen LogP contribution in [0.4, 0.5) is 8.78 Å². The van der Waals surface area contributed by atoms with E-state index in [0.717, 1.165) is 52.9 Å². The molecule has 1 saturated heterocycles. The molecule has 0 amide bonds. The smallest absolute Gasteiger partial charge is 0.405 e. The van der Waals surface area contributed by atoms with Crippen LogP contribution in [0.15, 0.2) is 87.5 Å². The summed E-state index contributed by atoms with van der Waals surface area (Å²) < 4.78 is 77.3. The maximum absolute atomic E-state index is 14.1. The number of hydrogen-bond acceptors (Lipinski definition) is 5. The lowest BCUT2D eigenvalue weighted by Gasteiger charge is -2.24. The highest BCUT2D eigenvalue weighted by Crippen LogP contribution is 2.43. The van der Waals surface area contributed by atoms with Crippen molar-refractivity contribution in [1.82, 2.24) is 0 Å². The van der Waals surface area contributed by atoms with Gasteiger partial charge in [0, 0.05) is 5.56 Å². The minimum absolute atomic E-state index is 0.00746. The molecule has 4 unspecified atom stereocenters. The predicted octanol–water partition coefficient (Wildman–Crippen LogP) is 7.86. The van der Waals surface area contributed by atoms with Crippen molar-refractivity contribution in [2.24, 2.45) is 0 Å². The fourth-order valence-electron chi connectivity index (χ4n) is 5.60. The van der Waals surface area contributed by atoms with Gasteiger partial charge in [0.25, 0.3) is 0 Å². The lowest BCUT2D eigenvalue weighted by Crippen LogP contribution is -2.42. The summed E-state index contributed by atoms with van der Waals surface area (Å²) in [7, 11) is -6.18. The van der Waals surface area contributed by atoms with Crippen molar-refractivity contribution in [1.29, 1.82) is 0 Å². The van der Waals surface area contributed by atoms with Crippen LogP contribution in [0, 0.1) is 0 Å². The van der Waals surface area contributed by atoms with Gasteiger partial charge in [-0.25, -0.2) is 0 Å². The van der Waals surface area contributed by atoms with Gasteiger partial charge >= 0.3 is 15.4 Å². The summed E-state index contributed by atoms with van der Waals surface area (Å²) in [6.45, 7) is 9.37. The van der Waals surface area contributed by atoms with Gasteiger partial charge in [-0.1, -0.05) is 45.7 Å². The highest BCUT2D eigenvalue weighted by Gasteiger charge is 2.51. The van der Waals surface area contributed by atoms with Crippen LogP contribution < -0.4 is 4.74 Å². The van der Waals surface area contributed by atoms with E-state index in [0.29, 0.717) is 0 Å². The largest absolute Gasteiger partial charge is 0.483 e. The van der Waals surface area contributed by atoms with Crippen LogP contribution >= 0.6 is 0 Å². The molecule has 3 aromatic rings. The Labute approximate surface area is 255 Å². The highest BCUT2D eigenvalue weighted by atomic mass is 32.2. The predicted molar refractivity (Wildman–Crippen MR) is 162 cm³/mol. The van der Waals surface area contributed by atoms with E-state index in [-0.39, 0.29) is 23.4 Å². The summed E-state index contributed by atoms with van der Waals surface area (Å²) in [5.41, 5.74) is 2.15. The van der Waals surface area contributed by atoms with Crippen molar-refractivity contribution in [3.63, 3.8) is 0 Å². The third kappa shape index (κ3) is 6.63. The third-order valence-electron chi connectivity index (χ3n) is 8.15. The second-order valence-corrected chi connectivity index (χ2v) is 15.9. The van der Waals surface area contributed by atoms with Gasteiger partial charge in [0.05, 0.1) is 23.1 Å². The van der Waals surface area contributed by atoms with Gasteiger partial charge in [-0.15, -0.1) is 0 Å². The average Bonchev–Trinajstić information content (AvgIpc) is 3.31. The standard InChI is InChI=1S/C33H38F2O6S2/c1-22(33(34,35)43(36,37)38)39-25-14-20-28(21-15-25)42(26-16-10-23(11-17-26)31(2,3)4)27-18-12-24(13-19-27)32(5)40-29-8-6-7-9-30(29)41-32/h10-22,29-30H,6-9H2,1-5H3/p+1. The number of rotatable bonds is 8. The molecule has 6 nitrogen and oxygen atoms in total. The Hall–Kier alpha value is -2.50. The summed E-state index contributed by atoms with van der Waals surface area (Å²) in [6.07, 6.45) is 2.49. The van der Waals surface area contributed by atoms with Crippen LogP contribution in [0.5, 0.6) is 5.75 Å². The molecule has 3 aromatic carbocycles. The summed E-state index contributed by atoms with van der Waals surface area (Å²) in [4.78, 5) is 3.04. The number of benzene rings is 3.